The van der Waals surface area contributed by atoms with E-state index in [1.54, 1.807) is 34.3 Å². The van der Waals surface area contributed by atoms with Gasteiger partial charge in [-0.05, 0) is 80.2 Å². The first-order chi connectivity index (χ1) is 15.5. The summed E-state index contributed by atoms with van der Waals surface area (Å²) in [6, 6.07) is 3.44. The van der Waals surface area contributed by atoms with Crippen molar-refractivity contribution in [3.05, 3.63) is 30.1 Å². The van der Waals surface area contributed by atoms with Crippen molar-refractivity contribution in [1.82, 2.24) is 20.1 Å². The van der Waals surface area contributed by atoms with Gasteiger partial charge >= 0.3 is 0 Å². The number of amides is 3. The molecule has 0 aromatic carbocycles. The van der Waals surface area contributed by atoms with Crippen LogP contribution in [0.25, 0.3) is 0 Å². The third-order valence-electron chi connectivity index (χ3n) is 8.20. The fourth-order valence-corrected chi connectivity index (χ4v) is 7.24. The summed E-state index contributed by atoms with van der Waals surface area (Å²) >= 11 is 0. The number of nitrogens with one attached hydrogen (secondary N) is 1. The lowest BCUT2D eigenvalue weighted by Crippen LogP contribution is -2.49. The van der Waals surface area contributed by atoms with Gasteiger partial charge in [-0.15, -0.1) is 0 Å². The van der Waals surface area contributed by atoms with E-state index >= 15 is 0 Å². The highest BCUT2D eigenvalue weighted by molar-refractivity contribution is 5.94. The van der Waals surface area contributed by atoms with Crippen LogP contribution in [0, 0.1) is 23.2 Å². The van der Waals surface area contributed by atoms with E-state index in [4.69, 9.17) is 0 Å². The molecule has 1 aromatic heterocycles. The highest BCUT2D eigenvalue weighted by Gasteiger charge is 2.51. The largest absolute Gasteiger partial charge is 0.347 e. The SMILES string of the molecule is O=C(CC12CC3CC(CC(C3)C1)C2)NCC(=O)N1CCCN(C(=O)c2ccncc2)CC1. The summed E-state index contributed by atoms with van der Waals surface area (Å²) in [5.74, 6) is 2.43. The maximum Gasteiger partial charge on any atom is 0.254 e. The zero-order valence-corrected chi connectivity index (χ0v) is 18.8. The molecule has 0 spiro atoms. The molecule has 4 bridgehead atoms. The van der Waals surface area contributed by atoms with Crippen LogP contribution in [-0.4, -0.2) is 65.2 Å². The first kappa shape index (κ1) is 21.4. The van der Waals surface area contributed by atoms with Crippen LogP contribution in [0.3, 0.4) is 0 Å². The van der Waals surface area contributed by atoms with Crippen LogP contribution >= 0.6 is 0 Å². The number of carbonyl (C=O) groups is 3. The summed E-state index contributed by atoms with van der Waals surface area (Å²) in [5, 5.41) is 2.92. The molecule has 1 saturated heterocycles. The molecule has 0 radical (unpaired) electrons. The summed E-state index contributed by atoms with van der Waals surface area (Å²) in [5.41, 5.74) is 0.815. The van der Waals surface area contributed by atoms with Crippen LogP contribution < -0.4 is 5.32 Å². The smallest absolute Gasteiger partial charge is 0.254 e. The lowest BCUT2D eigenvalue weighted by Gasteiger charge is -2.56. The third kappa shape index (κ3) is 4.52. The summed E-state index contributed by atoms with van der Waals surface area (Å²) < 4.78 is 0. The van der Waals surface area contributed by atoms with Gasteiger partial charge in [0.05, 0.1) is 6.54 Å². The van der Waals surface area contributed by atoms with Crippen LogP contribution in [0.1, 0.15) is 61.7 Å². The first-order valence-electron chi connectivity index (χ1n) is 12.2. The molecule has 0 unspecified atom stereocenters. The zero-order valence-electron chi connectivity index (χ0n) is 18.8. The molecule has 1 aliphatic heterocycles. The van der Waals surface area contributed by atoms with Gasteiger partial charge in [-0.3, -0.25) is 19.4 Å². The van der Waals surface area contributed by atoms with Gasteiger partial charge in [0.15, 0.2) is 0 Å². The summed E-state index contributed by atoms with van der Waals surface area (Å²) in [7, 11) is 0. The Labute approximate surface area is 189 Å². The molecule has 3 amide bonds. The van der Waals surface area contributed by atoms with Crippen molar-refractivity contribution < 1.29 is 14.4 Å². The molecule has 1 aromatic rings. The zero-order chi connectivity index (χ0) is 22.1. The van der Waals surface area contributed by atoms with E-state index in [2.05, 4.69) is 10.3 Å². The van der Waals surface area contributed by atoms with Gasteiger partial charge in [0, 0.05) is 50.6 Å². The average Bonchev–Trinajstić information content (AvgIpc) is 3.03. The van der Waals surface area contributed by atoms with E-state index in [9.17, 15) is 14.4 Å². The van der Waals surface area contributed by atoms with Gasteiger partial charge in [-0.25, -0.2) is 0 Å². The van der Waals surface area contributed by atoms with Gasteiger partial charge in [-0.1, -0.05) is 0 Å². The number of aromatic nitrogens is 1. The normalized spacial score (nSPS) is 31.3. The molecular formula is C25H34N4O3. The van der Waals surface area contributed by atoms with Crippen molar-refractivity contribution in [2.45, 2.75) is 51.4 Å². The Morgan fingerprint density at radius 1 is 0.906 bits per heavy atom. The van der Waals surface area contributed by atoms with Gasteiger partial charge in [-0.2, -0.15) is 0 Å². The van der Waals surface area contributed by atoms with Crippen molar-refractivity contribution in [3.63, 3.8) is 0 Å². The molecular weight excluding hydrogens is 404 g/mol. The second-order valence-electron chi connectivity index (χ2n) is 10.6. The molecule has 32 heavy (non-hydrogen) atoms. The minimum Gasteiger partial charge on any atom is -0.347 e. The van der Waals surface area contributed by atoms with E-state index in [1.165, 1.54) is 38.5 Å². The van der Waals surface area contributed by atoms with Crippen molar-refractivity contribution in [3.8, 4) is 0 Å². The predicted octanol–water partition coefficient (Wildman–Crippen LogP) is 2.48. The van der Waals surface area contributed by atoms with E-state index in [1.807, 2.05) is 0 Å². The van der Waals surface area contributed by atoms with E-state index in [0.717, 1.165) is 24.2 Å². The topological polar surface area (TPSA) is 82.6 Å². The minimum absolute atomic E-state index is 0.0226. The Morgan fingerprint density at radius 2 is 1.50 bits per heavy atom. The van der Waals surface area contributed by atoms with E-state index in [0.29, 0.717) is 38.2 Å². The number of hydrogen-bond acceptors (Lipinski definition) is 4. The summed E-state index contributed by atoms with van der Waals surface area (Å²) in [6.45, 7) is 2.31. The summed E-state index contributed by atoms with van der Waals surface area (Å²) in [6.07, 6.45) is 12.3. The summed E-state index contributed by atoms with van der Waals surface area (Å²) in [4.78, 5) is 45.7. The van der Waals surface area contributed by atoms with Crippen LogP contribution in [0.15, 0.2) is 24.5 Å². The second-order valence-corrected chi connectivity index (χ2v) is 10.6. The molecule has 5 fully saturated rings. The van der Waals surface area contributed by atoms with Crippen molar-refractivity contribution in [2.75, 3.05) is 32.7 Å². The molecule has 4 saturated carbocycles. The third-order valence-corrected chi connectivity index (χ3v) is 8.20. The molecule has 172 valence electrons. The molecule has 2 heterocycles. The van der Waals surface area contributed by atoms with Crippen LogP contribution in [0.5, 0.6) is 0 Å². The molecule has 4 aliphatic carbocycles. The molecule has 1 N–H and O–H groups in total. The Kier molecular flexibility index (Phi) is 5.91. The maximum absolute atomic E-state index is 12.8. The van der Waals surface area contributed by atoms with Gasteiger partial charge < -0.3 is 15.1 Å². The monoisotopic (exact) mass is 438 g/mol. The average molecular weight is 439 g/mol. The number of pyridine rings is 1. The molecule has 0 atom stereocenters. The quantitative estimate of drug-likeness (QED) is 0.766. The molecule has 7 heteroatoms. The first-order valence-corrected chi connectivity index (χ1v) is 12.2. The van der Waals surface area contributed by atoms with E-state index < -0.39 is 0 Å². The molecule has 7 nitrogen and oxygen atoms in total. The van der Waals surface area contributed by atoms with Crippen molar-refractivity contribution in [1.29, 1.82) is 0 Å². The van der Waals surface area contributed by atoms with Gasteiger partial charge in [0.2, 0.25) is 11.8 Å². The Morgan fingerprint density at radius 3 is 2.16 bits per heavy atom. The Hall–Kier alpha value is -2.44. The highest BCUT2D eigenvalue weighted by Crippen LogP contribution is 2.61. The lowest BCUT2D eigenvalue weighted by molar-refractivity contribution is -0.135. The van der Waals surface area contributed by atoms with Gasteiger partial charge in [0.1, 0.15) is 0 Å². The number of nitrogens with zero attached hydrogens (tertiary/aromatic N) is 3. The number of hydrogen-bond donors (Lipinski definition) is 1. The van der Waals surface area contributed by atoms with Crippen molar-refractivity contribution in [2.24, 2.45) is 23.2 Å². The Bertz CT molecular complexity index is 836. The second kappa shape index (κ2) is 8.83. The van der Waals surface area contributed by atoms with Crippen LogP contribution in [0.4, 0.5) is 0 Å². The lowest BCUT2D eigenvalue weighted by atomic mass is 9.49. The number of carbonyl (C=O) groups excluding carboxylic acids is 3. The standard InChI is InChI=1S/C25H34N4O3/c30-22(16-25-13-18-10-19(14-25)12-20(11-18)15-25)27-17-23(31)28-6-1-7-29(9-8-28)24(32)21-2-4-26-5-3-21/h2-5,18-20H,1,6-17H2,(H,27,30). The van der Waals surface area contributed by atoms with Gasteiger partial charge in [0.25, 0.3) is 5.91 Å². The fourth-order valence-electron chi connectivity index (χ4n) is 7.24. The van der Waals surface area contributed by atoms with Crippen LogP contribution in [-0.2, 0) is 9.59 Å². The minimum atomic E-state index is -0.0536. The maximum atomic E-state index is 12.8. The number of rotatable bonds is 5. The van der Waals surface area contributed by atoms with E-state index in [-0.39, 0.29) is 29.7 Å². The Balaban J connectivity index is 1.09. The fraction of sp³-hybridized carbons (Fsp3) is 0.680. The van der Waals surface area contributed by atoms with Crippen molar-refractivity contribution >= 4 is 17.7 Å². The highest BCUT2D eigenvalue weighted by atomic mass is 16.2. The molecule has 6 rings (SSSR count). The predicted molar refractivity (Wildman–Crippen MR) is 120 cm³/mol. The molecule has 5 aliphatic rings. The van der Waals surface area contributed by atoms with Crippen LogP contribution in [0.2, 0.25) is 0 Å².